The van der Waals surface area contributed by atoms with Crippen molar-refractivity contribution in [1.82, 2.24) is 15.1 Å². The maximum absolute atomic E-state index is 12.0. The summed E-state index contributed by atoms with van der Waals surface area (Å²) in [5.41, 5.74) is 0.819. The predicted molar refractivity (Wildman–Crippen MR) is 105 cm³/mol. The molecule has 30 heavy (non-hydrogen) atoms. The molecule has 158 valence electrons. The van der Waals surface area contributed by atoms with Gasteiger partial charge in [0.2, 0.25) is 15.8 Å². The summed E-state index contributed by atoms with van der Waals surface area (Å²) in [6.07, 6.45) is 3.87. The van der Waals surface area contributed by atoms with E-state index in [-0.39, 0.29) is 10.7 Å². The fourth-order valence-corrected chi connectivity index (χ4v) is 3.09. The number of hydrogen-bond donors (Lipinski definition) is 2. The van der Waals surface area contributed by atoms with Crippen molar-refractivity contribution < 1.29 is 27.2 Å². The smallest absolute Gasteiger partial charge is 0.374 e. The molecule has 1 amide bonds. The van der Waals surface area contributed by atoms with Gasteiger partial charge < -0.3 is 14.5 Å². The summed E-state index contributed by atoms with van der Waals surface area (Å²) in [6, 6.07) is 10.9. The van der Waals surface area contributed by atoms with Crippen LogP contribution in [0.4, 0.5) is 0 Å². The number of nitrogens with one attached hydrogen (secondary N) is 1. The number of rotatable bonds is 9. The van der Waals surface area contributed by atoms with Crippen LogP contribution in [-0.4, -0.2) is 43.2 Å². The molecular weight excluding hydrogens is 412 g/mol. The second kappa shape index (κ2) is 9.37. The summed E-state index contributed by atoms with van der Waals surface area (Å²) in [5.74, 6) is -0.674. The molecule has 0 unspecified atom stereocenters. The van der Waals surface area contributed by atoms with Crippen molar-refractivity contribution in [3.63, 3.8) is 0 Å². The average Bonchev–Trinajstić information content (AvgIpc) is 3.38. The Hall–Kier alpha value is -3.44. The monoisotopic (exact) mass is 432 g/mol. The van der Waals surface area contributed by atoms with Crippen molar-refractivity contribution in [3.8, 4) is 0 Å². The van der Waals surface area contributed by atoms with Crippen LogP contribution in [-0.2, 0) is 32.5 Å². The van der Waals surface area contributed by atoms with Gasteiger partial charge in [0.05, 0.1) is 11.4 Å². The van der Waals surface area contributed by atoms with Gasteiger partial charge in [-0.15, -0.1) is 0 Å². The number of sulfonamides is 1. The van der Waals surface area contributed by atoms with Crippen molar-refractivity contribution in [3.05, 3.63) is 71.9 Å². The first-order valence-electron chi connectivity index (χ1n) is 8.93. The number of nitrogens with zero attached hydrogens (tertiary/aromatic N) is 2. The molecule has 3 aromatic rings. The molecule has 1 aromatic carbocycles. The van der Waals surface area contributed by atoms with Crippen molar-refractivity contribution in [1.29, 1.82) is 0 Å². The topological polar surface area (TPSA) is 147 Å². The molecule has 3 N–H and O–H groups in total. The molecule has 0 aliphatic carbocycles. The average molecular weight is 432 g/mol. The molecule has 0 aliphatic heterocycles. The van der Waals surface area contributed by atoms with E-state index in [0.717, 1.165) is 5.56 Å². The highest BCUT2D eigenvalue weighted by Gasteiger charge is 2.15. The number of primary sulfonamides is 1. The van der Waals surface area contributed by atoms with E-state index in [1.54, 1.807) is 41.3 Å². The van der Waals surface area contributed by atoms with Crippen LogP contribution in [0.2, 0.25) is 0 Å². The number of aromatic nitrogens is 2. The van der Waals surface area contributed by atoms with Gasteiger partial charge >= 0.3 is 5.97 Å². The maximum Gasteiger partial charge on any atom is 0.374 e. The fourth-order valence-electron chi connectivity index (χ4n) is 2.57. The molecule has 0 atom stereocenters. The Morgan fingerprint density at radius 3 is 2.60 bits per heavy atom. The number of furan rings is 1. The van der Waals surface area contributed by atoms with Gasteiger partial charge in [0, 0.05) is 18.9 Å². The lowest BCUT2D eigenvalue weighted by Crippen LogP contribution is -2.30. The summed E-state index contributed by atoms with van der Waals surface area (Å²) in [4.78, 5) is 23.9. The van der Waals surface area contributed by atoms with Gasteiger partial charge in [-0.25, -0.2) is 18.4 Å². The van der Waals surface area contributed by atoms with E-state index in [0.29, 0.717) is 25.3 Å². The largest absolute Gasteiger partial charge is 0.452 e. The third-order valence-corrected chi connectivity index (χ3v) is 4.99. The van der Waals surface area contributed by atoms with E-state index >= 15 is 0 Å². The molecular formula is C19H20N4O6S. The van der Waals surface area contributed by atoms with Gasteiger partial charge in [-0.05, 0) is 42.3 Å². The van der Waals surface area contributed by atoms with Crippen molar-refractivity contribution in [2.45, 2.75) is 17.9 Å². The Labute approximate surface area is 172 Å². The van der Waals surface area contributed by atoms with E-state index in [1.807, 2.05) is 0 Å². The number of ether oxygens (including phenoxy) is 1. The predicted octanol–water partition coefficient (Wildman–Crippen LogP) is 0.688. The van der Waals surface area contributed by atoms with Crippen LogP contribution in [0.25, 0.3) is 0 Å². The molecule has 3 rings (SSSR count). The number of esters is 1. The molecule has 10 nitrogen and oxygen atoms in total. The fraction of sp³-hybridized carbons (Fsp3) is 0.211. The number of carbonyl (C=O) groups is 2. The Morgan fingerprint density at radius 1 is 1.17 bits per heavy atom. The highest BCUT2D eigenvalue weighted by atomic mass is 32.2. The zero-order valence-corrected chi connectivity index (χ0v) is 16.7. The summed E-state index contributed by atoms with van der Waals surface area (Å²) < 4.78 is 34.4. The Balaban J connectivity index is 1.39. The molecule has 0 saturated heterocycles. The summed E-state index contributed by atoms with van der Waals surface area (Å²) >= 11 is 0. The minimum atomic E-state index is -3.73. The van der Waals surface area contributed by atoms with Crippen LogP contribution in [0.5, 0.6) is 0 Å². The van der Waals surface area contributed by atoms with E-state index < -0.39 is 28.5 Å². The highest BCUT2D eigenvalue weighted by molar-refractivity contribution is 7.89. The molecule has 0 radical (unpaired) electrons. The second-order valence-electron chi connectivity index (χ2n) is 6.33. The van der Waals surface area contributed by atoms with Gasteiger partial charge in [0.15, 0.2) is 6.61 Å². The lowest BCUT2D eigenvalue weighted by molar-refractivity contribution is -0.124. The number of carbonyl (C=O) groups excluding carboxylic acids is 2. The third kappa shape index (κ3) is 6.03. The van der Waals surface area contributed by atoms with Crippen LogP contribution in [0.1, 0.15) is 21.9 Å². The zero-order chi connectivity index (χ0) is 21.6. The lowest BCUT2D eigenvalue weighted by Gasteiger charge is -2.06. The summed E-state index contributed by atoms with van der Waals surface area (Å²) in [6.45, 7) is 0.219. The zero-order valence-electron chi connectivity index (χ0n) is 15.9. The Morgan fingerprint density at radius 2 is 1.93 bits per heavy atom. The van der Waals surface area contributed by atoms with E-state index in [9.17, 15) is 18.0 Å². The first-order chi connectivity index (χ1) is 14.3. The molecule has 2 heterocycles. The van der Waals surface area contributed by atoms with Gasteiger partial charge in [-0.1, -0.05) is 12.1 Å². The molecule has 0 saturated carbocycles. The molecule has 0 aliphatic rings. The molecule has 0 bridgehead atoms. The first kappa shape index (κ1) is 21.3. The number of nitrogens with two attached hydrogens (primary N) is 1. The molecule has 0 fully saturated rings. The Kier molecular flexibility index (Phi) is 6.65. The lowest BCUT2D eigenvalue weighted by atomic mass is 10.1. The normalized spacial score (nSPS) is 11.2. The van der Waals surface area contributed by atoms with Crippen LogP contribution in [0.15, 0.2) is 64.2 Å². The standard InChI is InChI=1S/C19H20N4O6S/c20-30(26,27)16-5-2-14(3-6-16)8-10-21-18(24)13-28-19(25)17-7-4-15(29-17)12-23-11-1-9-22-23/h1-7,9,11H,8,10,12-13H2,(H,21,24)(H2,20,26,27). The number of amides is 1. The van der Waals surface area contributed by atoms with E-state index in [2.05, 4.69) is 10.4 Å². The van der Waals surface area contributed by atoms with Crippen molar-refractivity contribution in [2.75, 3.05) is 13.2 Å². The first-order valence-corrected chi connectivity index (χ1v) is 10.5. The van der Waals surface area contributed by atoms with Crippen LogP contribution >= 0.6 is 0 Å². The van der Waals surface area contributed by atoms with Crippen molar-refractivity contribution >= 4 is 21.9 Å². The van der Waals surface area contributed by atoms with Gasteiger partial charge in [0.25, 0.3) is 5.91 Å². The minimum absolute atomic E-state index is 0.0000908. The van der Waals surface area contributed by atoms with Crippen molar-refractivity contribution in [2.24, 2.45) is 5.14 Å². The number of benzene rings is 1. The number of hydrogen-bond acceptors (Lipinski definition) is 7. The van der Waals surface area contributed by atoms with Crippen LogP contribution in [0, 0.1) is 0 Å². The SMILES string of the molecule is NS(=O)(=O)c1ccc(CCNC(=O)COC(=O)c2ccc(Cn3cccn3)o2)cc1. The Bertz CT molecular complexity index is 1100. The van der Waals surface area contributed by atoms with Gasteiger partial charge in [-0.3, -0.25) is 9.48 Å². The van der Waals surface area contributed by atoms with E-state index in [1.165, 1.54) is 18.2 Å². The molecule has 2 aromatic heterocycles. The quantitative estimate of drug-likeness (QED) is 0.473. The van der Waals surface area contributed by atoms with E-state index in [4.69, 9.17) is 14.3 Å². The minimum Gasteiger partial charge on any atom is -0.452 e. The van der Waals surface area contributed by atoms with Gasteiger partial charge in [0.1, 0.15) is 5.76 Å². The summed E-state index contributed by atoms with van der Waals surface area (Å²) in [7, 11) is -3.73. The summed E-state index contributed by atoms with van der Waals surface area (Å²) in [5, 5.41) is 11.7. The van der Waals surface area contributed by atoms with Gasteiger partial charge in [-0.2, -0.15) is 5.10 Å². The maximum atomic E-state index is 12.0. The molecule has 0 spiro atoms. The third-order valence-electron chi connectivity index (χ3n) is 4.06. The highest BCUT2D eigenvalue weighted by Crippen LogP contribution is 2.11. The van der Waals surface area contributed by atoms with Crippen LogP contribution in [0.3, 0.4) is 0 Å². The molecule has 11 heteroatoms. The van der Waals surface area contributed by atoms with Crippen LogP contribution < -0.4 is 10.5 Å². The second-order valence-corrected chi connectivity index (χ2v) is 7.90.